The molecule has 0 saturated carbocycles. The zero-order valence-corrected chi connectivity index (χ0v) is 12.2. The number of halogens is 1. The predicted molar refractivity (Wildman–Crippen MR) is 80.6 cm³/mol. The maximum Gasteiger partial charge on any atom is 0.270 e. The van der Waals surface area contributed by atoms with Crippen LogP contribution >= 0.6 is 11.6 Å². The second-order valence-electron chi connectivity index (χ2n) is 4.74. The molecular weight excluding hydrogens is 294 g/mol. The molecule has 7 heteroatoms. The van der Waals surface area contributed by atoms with Crippen molar-refractivity contribution < 1.29 is 9.72 Å². The summed E-state index contributed by atoms with van der Waals surface area (Å²) in [7, 11) is 0. The van der Waals surface area contributed by atoms with Gasteiger partial charge in [0.05, 0.1) is 15.5 Å². The Bertz CT molecular complexity index is 587. The molecule has 1 aromatic carbocycles. The average Bonchev–Trinajstić information content (AvgIpc) is 2.48. The molecule has 1 heterocycles. The van der Waals surface area contributed by atoms with Crippen molar-refractivity contribution >= 4 is 23.2 Å². The molecule has 0 unspecified atom stereocenters. The number of nitro benzene ring substituents is 1. The molecule has 2 N–H and O–H groups in total. The van der Waals surface area contributed by atoms with Gasteiger partial charge in [0.25, 0.3) is 11.6 Å². The summed E-state index contributed by atoms with van der Waals surface area (Å²) < 4.78 is 0. The number of carbonyl (C=O) groups is 1. The highest BCUT2D eigenvalue weighted by atomic mass is 35.5. The lowest BCUT2D eigenvalue weighted by Crippen LogP contribution is -2.27. The van der Waals surface area contributed by atoms with Crippen molar-refractivity contribution in [3.63, 3.8) is 0 Å². The van der Waals surface area contributed by atoms with E-state index in [0.717, 1.165) is 25.9 Å². The Kier molecular flexibility index (Phi) is 5.30. The van der Waals surface area contributed by atoms with Crippen molar-refractivity contribution in [1.82, 2.24) is 10.6 Å². The van der Waals surface area contributed by atoms with Crippen LogP contribution in [0.5, 0.6) is 0 Å². The lowest BCUT2D eigenvalue weighted by Gasteiger charge is -2.14. The number of hydrogen-bond donors (Lipinski definition) is 2. The van der Waals surface area contributed by atoms with E-state index in [1.54, 1.807) is 0 Å². The molecule has 0 aromatic heterocycles. The van der Waals surface area contributed by atoms with Crippen LogP contribution in [0.3, 0.4) is 0 Å². The highest BCUT2D eigenvalue weighted by Crippen LogP contribution is 2.22. The van der Waals surface area contributed by atoms with Gasteiger partial charge in [-0.3, -0.25) is 14.9 Å². The first-order chi connectivity index (χ1) is 10.1. The van der Waals surface area contributed by atoms with E-state index in [-0.39, 0.29) is 16.3 Å². The minimum Gasteiger partial charge on any atom is -0.352 e. The van der Waals surface area contributed by atoms with E-state index >= 15 is 0 Å². The molecule has 6 nitrogen and oxygen atoms in total. The monoisotopic (exact) mass is 309 g/mol. The highest BCUT2D eigenvalue weighted by molar-refractivity contribution is 6.33. The number of rotatable bonds is 5. The number of nitro groups is 1. The van der Waals surface area contributed by atoms with E-state index < -0.39 is 10.8 Å². The lowest BCUT2D eigenvalue weighted by molar-refractivity contribution is -0.384. The van der Waals surface area contributed by atoms with Crippen LogP contribution in [0, 0.1) is 10.1 Å². The van der Waals surface area contributed by atoms with Crippen LogP contribution in [-0.2, 0) is 0 Å². The summed E-state index contributed by atoms with van der Waals surface area (Å²) in [4.78, 5) is 22.2. The zero-order chi connectivity index (χ0) is 15.2. The third-order valence-corrected chi connectivity index (χ3v) is 3.62. The topological polar surface area (TPSA) is 84.3 Å². The van der Waals surface area contributed by atoms with Crippen molar-refractivity contribution in [2.24, 2.45) is 0 Å². The third-order valence-electron chi connectivity index (χ3n) is 3.30. The fraction of sp³-hybridized carbons (Fsp3) is 0.357. The maximum atomic E-state index is 12.0. The molecule has 0 atom stereocenters. The summed E-state index contributed by atoms with van der Waals surface area (Å²) >= 11 is 5.92. The summed E-state index contributed by atoms with van der Waals surface area (Å²) in [5.74, 6) is -0.391. The normalized spacial score (nSPS) is 14.4. The molecule has 0 saturated heterocycles. The molecule has 0 bridgehead atoms. The molecule has 0 radical (unpaired) electrons. The van der Waals surface area contributed by atoms with Crippen LogP contribution in [0.4, 0.5) is 5.69 Å². The number of hydrogen-bond acceptors (Lipinski definition) is 4. The predicted octanol–water partition coefficient (Wildman–Crippen LogP) is 2.29. The molecule has 1 aliphatic heterocycles. The lowest BCUT2D eigenvalue weighted by atomic mass is 10.1. The van der Waals surface area contributed by atoms with E-state index in [2.05, 4.69) is 16.7 Å². The van der Waals surface area contributed by atoms with Crippen molar-refractivity contribution in [2.75, 3.05) is 19.6 Å². The van der Waals surface area contributed by atoms with Crippen molar-refractivity contribution in [1.29, 1.82) is 0 Å². The SMILES string of the molecule is O=C(NCCC1=CCNCC1)c1cc([N+](=O)[O-])ccc1Cl. The summed E-state index contributed by atoms with van der Waals surface area (Å²) in [6.07, 6.45) is 3.88. The summed E-state index contributed by atoms with van der Waals surface area (Å²) in [6, 6.07) is 3.84. The van der Waals surface area contributed by atoms with Crippen LogP contribution in [0.25, 0.3) is 0 Å². The van der Waals surface area contributed by atoms with Gasteiger partial charge in [-0.25, -0.2) is 0 Å². The van der Waals surface area contributed by atoms with E-state index in [1.165, 1.54) is 23.8 Å². The summed E-state index contributed by atoms with van der Waals surface area (Å²) in [5.41, 5.74) is 1.29. The van der Waals surface area contributed by atoms with Crippen LogP contribution in [-0.4, -0.2) is 30.5 Å². The van der Waals surface area contributed by atoms with Crippen LogP contribution < -0.4 is 10.6 Å². The van der Waals surface area contributed by atoms with Gasteiger partial charge in [-0.1, -0.05) is 23.3 Å². The molecule has 0 spiro atoms. The minimum absolute atomic E-state index is 0.130. The zero-order valence-electron chi connectivity index (χ0n) is 11.4. The molecule has 1 aromatic rings. The largest absolute Gasteiger partial charge is 0.352 e. The van der Waals surface area contributed by atoms with E-state index in [0.29, 0.717) is 6.54 Å². The number of carbonyl (C=O) groups excluding carboxylic acids is 1. The van der Waals surface area contributed by atoms with Crippen molar-refractivity contribution in [3.05, 3.63) is 50.5 Å². The smallest absolute Gasteiger partial charge is 0.270 e. The molecule has 0 fully saturated rings. The van der Waals surface area contributed by atoms with Gasteiger partial charge >= 0.3 is 0 Å². The van der Waals surface area contributed by atoms with Gasteiger partial charge in [-0.05, 0) is 25.5 Å². The summed E-state index contributed by atoms with van der Waals surface area (Å²) in [5, 5.41) is 16.9. The van der Waals surface area contributed by atoms with E-state index in [4.69, 9.17) is 11.6 Å². The fourth-order valence-electron chi connectivity index (χ4n) is 2.13. The average molecular weight is 310 g/mol. The molecular formula is C14H16ClN3O3. The first kappa shape index (κ1) is 15.5. The van der Waals surface area contributed by atoms with Gasteiger partial charge in [-0.15, -0.1) is 0 Å². The van der Waals surface area contributed by atoms with Crippen LogP contribution in [0.15, 0.2) is 29.8 Å². The van der Waals surface area contributed by atoms with Crippen molar-refractivity contribution in [3.8, 4) is 0 Å². The molecule has 1 amide bonds. The standard InChI is InChI=1S/C14H16ClN3O3/c15-13-2-1-11(18(20)21)9-12(13)14(19)17-8-5-10-3-6-16-7-4-10/h1-3,9,16H,4-8H2,(H,17,19). The van der Waals surface area contributed by atoms with Crippen LogP contribution in [0.1, 0.15) is 23.2 Å². The van der Waals surface area contributed by atoms with Gasteiger partial charge in [0.1, 0.15) is 0 Å². The number of nitrogens with one attached hydrogen (secondary N) is 2. The first-order valence-corrected chi connectivity index (χ1v) is 7.06. The third kappa shape index (κ3) is 4.27. The number of non-ortho nitro benzene ring substituents is 1. The molecule has 21 heavy (non-hydrogen) atoms. The van der Waals surface area contributed by atoms with Gasteiger partial charge in [-0.2, -0.15) is 0 Å². The van der Waals surface area contributed by atoms with Crippen molar-refractivity contribution in [2.45, 2.75) is 12.8 Å². The molecule has 0 aliphatic carbocycles. The first-order valence-electron chi connectivity index (χ1n) is 6.68. The Morgan fingerprint density at radius 3 is 2.95 bits per heavy atom. The van der Waals surface area contributed by atoms with Gasteiger partial charge in [0.15, 0.2) is 0 Å². The van der Waals surface area contributed by atoms with Gasteiger partial charge < -0.3 is 10.6 Å². The number of benzene rings is 1. The Labute approximate surface area is 127 Å². The fourth-order valence-corrected chi connectivity index (χ4v) is 2.33. The Morgan fingerprint density at radius 1 is 1.48 bits per heavy atom. The van der Waals surface area contributed by atoms with Gasteiger partial charge in [0, 0.05) is 25.2 Å². The Morgan fingerprint density at radius 2 is 2.29 bits per heavy atom. The number of amides is 1. The number of nitrogens with zero attached hydrogens (tertiary/aromatic N) is 1. The Balaban J connectivity index is 1.95. The van der Waals surface area contributed by atoms with E-state index in [9.17, 15) is 14.9 Å². The van der Waals surface area contributed by atoms with Gasteiger partial charge in [0.2, 0.25) is 0 Å². The highest BCUT2D eigenvalue weighted by Gasteiger charge is 2.15. The second kappa shape index (κ2) is 7.19. The Hall–Kier alpha value is -1.92. The maximum absolute atomic E-state index is 12.0. The molecule has 112 valence electrons. The molecule has 1 aliphatic rings. The second-order valence-corrected chi connectivity index (χ2v) is 5.15. The molecule has 2 rings (SSSR count). The van der Waals surface area contributed by atoms with E-state index in [1.807, 2.05) is 0 Å². The van der Waals surface area contributed by atoms with Crippen LogP contribution in [0.2, 0.25) is 5.02 Å². The minimum atomic E-state index is -0.549. The summed E-state index contributed by atoms with van der Waals surface area (Å²) in [6.45, 7) is 2.31. The quantitative estimate of drug-likeness (QED) is 0.496.